The van der Waals surface area contributed by atoms with Crippen LogP contribution in [0.2, 0.25) is 0 Å². The topological polar surface area (TPSA) is 105 Å². The molecule has 10 heteroatoms. The number of rotatable bonds is 7. The number of nitrogens with zero attached hydrogens (tertiary/aromatic N) is 3. The molecule has 4 rings (SSSR count). The van der Waals surface area contributed by atoms with Crippen molar-refractivity contribution in [3.05, 3.63) is 46.7 Å². The van der Waals surface area contributed by atoms with Crippen LogP contribution in [0.25, 0.3) is 10.7 Å². The molecule has 1 fully saturated rings. The predicted molar refractivity (Wildman–Crippen MR) is 132 cm³/mol. The summed E-state index contributed by atoms with van der Waals surface area (Å²) in [5, 5.41) is 6.96. The number of carbonyl (C=O) groups excluding carboxylic acids is 1. The number of benzene rings is 1. The zero-order valence-corrected chi connectivity index (χ0v) is 21.5. The lowest BCUT2D eigenvalue weighted by Gasteiger charge is -2.30. The Hall–Kier alpha value is -2.56. The molecule has 1 aliphatic heterocycles. The third kappa shape index (κ3) is 5.08. The van der Waals surface area contributed by atoms with Gasteiger partial charge in [-0.2, -0.15) is 9.29 Å². The van der Waals surface area contributed by atoms with E-state index in [4.69, 9.17) is 4.52 Å². The molecular weight excluding hydrogens is 472 g/mol. The average molecular weight is 503 g/mol. The van der Waals surface area contributed by atoms with Crippen molar-refractivity contribution < 1.29 is 17.7 Å². The van der Waals surface area contributed by atoms with Crippen LogP contribution in [0, 0.1) is 12.8 Å². The molecule has 0 spiro atoms. The quantitative estimate of drug-likeness (QED) is 0.496. The first-order valence-corrected chi connectivity index (χ1v) is 13.8. The minimum Gasteiger partial charge on any atom is -0.339 e. The highest BCUT2D eigenvalue weighted by Crippen LogP contribution is 2.35. The first-order valence-electron chi connectivity index (χ1n) is 11.5. The number of piperidine rings is 1. The van der Waals surface area contributed by atoms with Crippen molar-refractivity contribution in [1.29, 1.82) is 0 Å². The molecule has 2 aromatic heterocycles. The summed E-state index contributed by atoms with van der Waals surface area (Å²) in [6, 6.07) is 9.44. The largest absolute Gasteiger partial charge is 0.339 e. The zero-order valence-electron chi connectivity index (χ0n) is 19.9. The van der Waals surface area contributed by atoms with E-state index in [2.05, 4.69) is 22.4 Å². The molecule has 1 amide bonds. The van der Waals surface area contributed by atoms with E-state index in [-0.39, 0.29) is 22.6 Å². The van der Waals surface area contributed by atoms with E-state index in [1.165, 1.54) is 21.2 Å². The van der Waals surface area contributed by atoms with Gasteiger partial charge in [0.15, 0.2) is 0 Å². The van der Waals surface area contributed by atoms with Gasteiger partial charge in [-0.1, -0.05) is 38.1 Å². The van der Waals surface area contributed by atoms with Crippen molar-refractivity contribution in [1.82, 2.24) is 14.4 Å². The molecular formula is C24H30N4O4S2. The second-order valence-corrected chi connectivity index (χ2v) is 12.0. The van der Waals surface area contributed by atoms with Crippen LogP contribution in [0.1, 0.15) is 55.9 Å². The van der Waals surface area contributed by atoms with Crippen LogP contribution in [0.5, 0.6) is 0 Å². The Morgan fingerprint density at radius 2 is 1.91 bits per heavy atom. The smallest absolute Gasteiger partial charge is 0.244 e. The molecule has 182 valence electrons. The van der Waals surface area contributed by atoms with Gasteiger partial charge in [0.1, 0.15) is 0 Å². The number of amides is 1. The maximum absolute atomic E-state index is 13.4. The molecule has 1 saturated heterocycles. The van der Waals surface area contributed by atoms with Crippen LogP contribution in [0.4, 0.5) is 5.69 Å². The molecule has 0 saturated carbocycles. The summed E-state index contributed by atoms with van der Waals surface area (Å²) in [5.41, 5.74) is 1.98. The van der Waals surface area contributed by atoms with Crippen molar-refractivity contribution in [2.75, 3.05) is 18.4 Å². The summed E-state index contributed by atoms with van der Waals surface area (Å²) in [4.78, 5) is 18.7. The standard InChI is InChI=1S/C24H30N4O4S2/c1-5-17-6-8-19(9-7-17)25-23(29)18-10-12-28(13-11-18)34(30,31)21-14-20(33-16(21)4)22-26-24(15(2)3)32-27-22/h6-9,14-15,18H,5,10-13H2,1-4H3,(H,25,29). The van der Waals surface area contributed by atoms with Gasteiger partial charge in [-0.05, 0) is 49.9 Å². The summed E-state index contributed by atoms with van der Waals surface area (Å²) in [6.45, 7) is 8.40. The monoisotopic (exact) mass is 502 g/mol. The molecule has 0 unspecified atom stereocenters. The van der Waals surface area contributed by atoms with Gasteiger partial charge in [0, 0.05) is 35.5 Å². The fourth-order valence-corrected chi connectivity index (χ4v) is 6.92. The molecule has 3 aromatic rings. The Kier molecular flexibility index (Phi) is 7.20. The Morgan fingerprint density at radius 1 is 1.24 bits per heavy atom. The molecule has 1 aliphatic rings. The van der Waals surface area contributed by atoms with E-state index in [9.17, 15) is 13.2 Å². The normalized spacial score (nSPS) is 15.7. The van der Waals surface area contributed by atoms with Crippen LogP contribution < -0.4 is 5.32 Å². The van der Waals surface area contributed by atoms with Gasteiger partial charge in [-0.25, -0.2) is 8.42 Å². The summed E-state index contributed by atoms with van der Waals surface area (Å²) in [7, 11) is -3.68. The van der Waals surface area contributed by atoms with E-state index in [1.54, 1.807) is 13.0 Å². The SMILES string of the molecule is CCc1ccc(NC(=O)C2CCN(S(=O)(=O)c3cc(-c4noc(C(C)C)n4)sc3C)CC2)cc1. The van der Waals surface area contributed by atoms with E-state index in [0.717, 1.165) is 12.1 Å². The number of nitrogens with one attached hydrogen (secondary N) is 1. The van der Waals surface area contributed by atoms with Crippen molar-refractivity contribution >= 4 is 33.0 Å². The van der Waals surface area contributed by atoms with Gasteiger partial charge in [0.25, 0.3) is 0 Å². The maximum atomic E-state index is 13.4. The number of hydrogen-bond donors (Lipinski definition) is 1. The maximum Gasteiger partial charge on any atom is 0.244 e. The van der Waals surface area contributed by atoms with Crippen LogP contribution >= 0.6 is 11.3 Å². The van der Waals surface area contributed by atoms with E-state index >= 15 is 0 Å². The van der Waals surface area contributed by atoms with Crippen molar-refractivity contribution in [3.63, 3.8) is 0 Å². The van der Waals surface area contributed by atoms with E-state index in [0.29, 0.717) is 47.4 Å². The molecule has 0 bridgehead atoms. The van der Waals surface area contributed by atoms with Gasteiger partial charge < -0.3 is 9.84 Å². The second kappa shape index (κ2) is 9.97. The first-order chi connectivity index (χ1) is 16.2. The summed E-state index contributed by atoms with van der Waals surface area (Å²) < 4.78 is 33.5. The first kappa shape index (κ1) is 24.6. The Morgan fingerprint density at radius 3 is 2.50 bits per heavy atom. The fourth-order valence-electron chi connectivity index (χ4n) is 3.97. The third-order valence-electron chi connectivity index (χ3n) is 6.10. The molecule has 0 radical (unpaired) electrons. The molecule has 0 aliphatic carbocycles. The molecule has 0 atom stereocenters. The minimum absolute atomic E-state index is 0.0617. The number of aryl methyl sites for hydroxylation is 2. The van der Waals surface area contributed by atoms with E-state index < -0.39 is 10.0 Å². The van der Waals surface area contributed by atoms with Crippen LogP contribution in [0.15, 0.2) is 39.8 Å². The fraction of sp³-hybridized carbons (Fsp3) is 0.458. The number of anilines is 1. The summed E-state index contributed by atoms with van der Waals surface area (Å²) >= 11 is 1.34. The molecule has 3 heterocycles. The molecule has 1 aromatic carbocycles. The lowest BCUT2D eigenvalue weighted by molar-refractivity contribution is -0.120. The highest BCUT2D eigenvalue weighted by Gasteiger charge is 2.34. The summed E-state index contributed by atoms with van der Waals surface area (Å²) in [5.74, 6) is 0.742. The van der Waals surface area contributed by atoms with E-state index in [1.807, 2.05) is 38.1 Å². The lowest BCUT2D eigenvalue weighted by Crippen LogP contribution is -2.41. The Labute approximate surface area is 204 Å². The van der Waals surface area contributed by atoms with Gasteiger partial charge in [0.05, 0.1) is 9.77 Å². The zero-order chi connectivity index (χ0) is 24.5. The van der Waals surface area contributed by atoms with Crippen molar-refractivity contribution in [2.45, 2.75) is 57.8 Å². The number of thiophene rings is 1. The molecule has 34 heavy (non-hydrogen) atoms. The highest BCUT2D eigenvalue weighted by molar-refractivity contribution is 7.89. The third-order valence-corrected chi connectivity index (χ3v) is 9.30. The van der Waals surface area contributed by atoms with Crippen LogP contribution in [-0.2, 0) is 21.2 Å². The van der Waals surface area contributed by atoms with Crippen LogP contribution in [-0.4, -0.2) is 41.9 Å². The Bertz CT molecular complexity index is 1250. The minimum atomic E-state index is -3.68. The molecule has 1 N–H and O–H groups in total. The van der Waals surface area contributed by atoms with Crippen molar-refractivity contribution in [2.24, 2.45) is 5.92 Å². The lowest BCUT2D eigenvalue weighted by atomic mass is 9.97. The van der Waals surface area contributed by atoms with Crippen molar-refractivity contribution in [3.8, 4) is 10.7 Å². The predicted octanol–water partition coefficient (Wildman–Crippen LogP) is 4.83. The van der Waals surface area contributed by atoms with Gasteiger partial charge in [-0.15, -0.1) is 11.3 Å². The summed E-state index contributed by atoms with van der Waals surface area (Å²) in [6.07, 6.45) is 1.91. The Balaban J connectivity index is 1.41. The number of carbonyl (C=O) groups is 1. The van der Waals surface area contributed by atoms with Gasteiger partial charge in [0.2, 0.25) is 27.6 Å². The number of sulfonamides is 1. The molecule has 8 nitrogen and oxygen atoms in total. The highest BCUT2D eigenvalue weighted by atomic mass is 32.2. The number of aromatic nitrogens is 2. The number of hydrogen-bond acceptors (Lipinski definition) is 7. The van der Waals surface area contributed by atoms with Crippen LogP contribution in [0.3, 0.4) is 0 Å². The second-order valence-electron chi connectivity index (χ2n) is 8.86. The average Bonchev–Trinajstić information content (AvgIpc) is 3.47. The van der Waals surface area contributed by atoms with Gasteiger partial charge in [-0.3, -0.25) is 4.79 Å². The van der Waals surface area contributed by atoms with Gasteiger partial charge >= 0.3 is 0 Å².